The third-order valence-corrected chi connectivity index (χ3v) is 3.52. The van der Waals surface area contributed by atoms with Crippen molar-refractivity contribution >= 4 is 0 Å². The van der Waals surface area contributed by atoms with Crippen molar-refractivity contribution in [3.63, 3.8) is 0 Å². The molecule has 1 aliphatic carbocycles. The van der Waals surface area contributed by atoms with E-state index in [1.807, 2.05) is 0 Å². The fraction of sp³-hybridized carbons (Fsp3) is 1.00. The van der Waals surface area contributed by atoms with Crippen LogP contribution in [0.4, 0.5) is 0 Å². The largest absolute Gasteiger partial charge is 0.329 e. The summed E-state index contributed by atoms with van der Waals surface area (Å²) < 4.78 is 0. The molecule has 0 aromatic heterocycles. The van der Waals surface area contributed by atoms with Gasteiger partial charge in [0.25, 0.3) is 0 Å². The first-order valence-electron chi connectivity index (χ1n) is 6.83. The minimum atomic E-state index is 0.569. The standard InChI is InChI=1S/C13H28N2/c1-2-3-5-10-13(11-14)15-12-8-6-4-7-9-12/h12-13,15H,2-11,14H2,1H3. The number of nitrogens with two attached hydrogens (primary N) is 1. The van der Waals surface area contributed by atoms with Gasteiger partial charge in [-0.1, -0.05) is 45.4 Å². The third-order valence-electron chi connectivity index (χ3n) is 3.52. The van der Waals surface area contributed by atoms with Gasteiger partial charge in [0.05, 0.1) is 0 Å². The first kappa shape index (κ1) is 13.0. The summed E-state index contributed by atoms with van der Waals surface area (Å²) in [5, 5.41) is 3.74. The van der Waals surface area contributed by atoms with Crippen LogP contribution in [0.1, 0.15) is 64.7 Å². The Hall–Kier alpha value is -0.0800. The van der Waals surface area contributed by atoms with Crippen LogP contribution in [0.25, 0.3) is 0 Å². The molecule has 0 aromatic rings. The average molecular weight is 212 g/mol. The summed E-state index contributed by atoms with van der Waals surface area (Å²) in [6, 6.07) is 1.33. The summed E-state index contributed by atoms with van der Waals surface area (Å²) in [6.07, 6.45) is 12.2. The van der Waals surface area contributed by atoms with Gasteiger partial charge in [-0.2, -0.15) is 0 Å². The lowest BCUT2D eigenvalue weighted by Gasteiger charge is -2.28. The molecule has 1 rings (SSSR count). The van der Waals surface area contributed by atoms with Crippen molar-refractivity contribution in [3.8, 4) is 0 Å². The van der Waals surface area contributed by atoms with Gasteiger partial charge >= 0.3 is 0 Å². The molecule has 0 aromatic carbocycles. The molecule has 2 heteroatoms. The van der Waals surface area contributed by atoms with Crippen LogP contribution in [-0.2, 0) is 0 Å². The van der Waals surface area contributed by atoms with Gasteiger partial charge in [0.1, 0.15) is 0 Å². The van der Waals surface area contributed by atoms with Crippen LogP contribution < -0.4 is 11.1 Å². The maximum atomic E-state index is 5.81. The first-order chi connectivity index (χ1) is 7.36. The molecule has 0 spiro atoms. The highest BCUT2D eigenvalue weighted by Gasteiger charge is 2.16. The van der Waals surface area contributed by atoms with Crippen molar-refractivity contribution in [1.29, 1.82) is 0 Å². The van der Waals surface area contributed by atoms with E-state index in [1.54, 1.807) is 0 Å². The van der Waals surface area contributed by atoms with Gasteiger partial charge in [-0.15, -0.1) is 0 Å². The second-order valence-corrected chi connectivity index (χ2v) is 4.93. The monoisotopic (exact) mass is 212 g/mol. The molecule has 2 nitrogen and oxygen atoms in total. The molecular weight excluding hydrogens is 184 g/mol. The smallest absolute Gasteiger partial charge is 0.0192 e. The van der Waals surface area contributed by atoms with Crippen molar-refractivity contribution in [2.75, 3.05) is 6.54 Å². The molecule has 0 saturated heterocycles. The zero-order valence-corrected chi connectivity index (χ0v) is 10.3. The number of nitrogens with one attached hydrogen (secondary N) is 1. The highest BCUT2D eigenvalue weighted by molar-refractivity contribution is 4.77. The Balaban J connectivity index is 2.13. The van der Waals surface area contributed by atoms with E-state index in [0.717, 1.165) is 12.6 Å². The zero-order valence-electron chi connectivity index (χ0n) is 10.3. The lowest BCUT2D eigenvalue weighted by Crippen LogP contribution is -2.43. The van der Waals surface area contributed by atoms with E-state index < -0.39 is 0 Å². The van der Waals surface area contributed by atoms with Gasteiger partial charge < -0.3 is 11.1 Å². The van der Waals surface area contributed by atoms with Crippen molar-refractivity contribution in [1.82, 2.24) is 5.32 Å². The summed E-state index contributed by atoms with van der Waals surface area (Å²) in [7, 11) is 0. The summed E-state index contributed by atoms with van der Waals surface area (Å²) in [4.78, 5) is 0. The van der Waals surface area contributed by atoms with Crippen LogP contribution in [0.15, 0.2) is 0 Å². The highest BCUT2D eigenvalue weighted by atomic mass is 15.0. The van der Waals surface area contributed by atoms with Crippen molar-refractivity contribution < 1.29 is 0 Å². The molecule has 15 heavy (non-hydrogen) atoms. The molecular formula is C13H28N2. The van der Waals surface area contributed by atoms with Crippen molar-refractivity contribution in [2.45, 2.75) is 76.8 Å². The van der Waals surface area contributed by atoms with Crippen LogP contribution >= 0.6 is 0 Å². The van der Waals surface area contributed by atoms with Crippen LogP contribution in [0.5, 0.6) is 0 Å². The normalized spacial score (nSPS) is 20.4. The van der Waals surface area contributed by atoms with Crippen molar-refractivity contribution in [3.05, 3.63) is 0 Å². The van der Waals surface area contributed by atoms with Crippen LogP contribution in [-0.4, -0.2) is 18.6 Å². The Morgan fingerprint density at radius 3 is 2.53 bits per heavy atom. The molecule has 1 fully saturated rings. The van der Waals surface area contributed by atoms with E-state index in [1.165, 1.54) is 57.8 Å². The number of rotatable bonds is 7. The Morgan fingerprint density at radius 2 is 1.93 bits per heavy atom. The van der Waals surface area contributed by atoms with Crippen molar-refractivity contribution in [2.24, 2.45) is 5.73 Å². The SMILES string of the molecule is CCCCCC(CN)NC1CCCCC1. The predicted molar refractivity (Wildman–Crippen MR) is 67.0 cm³/mol. The number of unbranched alkanes of at least 4 members (excludes halogenated alkanes) is 2. The van der Waals surface area contributed by atoms with Gasteiger partial charge in [-0.25, -0.2) is 0 Å². The molecule has 3 N–H and O–H groups in total. The minimum absolute atomic E-state index is 0.569. The topological polar surface area (TPSA) is 38.0 Å². The zero-order chi connectivity index (χ0) is 10.9. The molecule has 1 aliphatic rings. The van der Waals surface area contributed by atoms with E-state index in [-0.39, 0.29) is 0 Å². The van der Waals surface area contributed by atoms with Crippen LogP contribution in [0.3, 0.4) is 0 Å². The lowest BCUT2D eigenvalue weighted by atomic mass is 9.94. The molecule has 0 amide bonds. The molecule has 0 bridgehead atoms. The third kappa shape index (κ3) is 5.53. The summed E-state index contributed by atoms with van der Waals surface area (Å²) in [6.45, 7) is 3.06. The van der Waals surface area contributed by atoms with E-state index in [0.29, 0.717) is 6.04 Å². The quantitative estimate of drug-likeness (QED) is 0.637. The highest BCUT2D eigenvalue weighted by Crippen LogP contribution is 2.18. The summed E-state index contributed by atoms with van der Waals surface area (Å²) in [5.41, 5.74) is 5.81. The Kier molecular flexibility index (Phi) is 7.03. The second-order valence-electron chi connectivity index (χ2n) is 4.93. The van der Waals surface area contributed by atoms with E-state index >= 15 is 0 Å². The molecule has 1 unspecified atom stereocenters. The molecule has 1 atom stereocenters. The number of hydrogen-bond acceptors (Lipinski definition) is 2. The Labute approximate surface area is 95.0 Å². The summed E-state index contributed by atoms with van der Waals surface area (Å²) >= 11 is 0. The first-order valence-corrected chi connectivity index (χ1v) is 6.83. The predicted octanol–water partition coefficient (Wildman–Crippen LogP) is 2.82. The molecule has 1 saturated carbocycles. The molecule has 0 aliphatic heterocycles. The van der Waals surface area contributed by atoms with Crippen LogP contribution in [0, 0.1) is 0 Å². The second kappa shape index (κ2) is 8.12. The van der Waals surface area contributed by atoms with Gasteiger partial charge in [-0.3, -0.25) is 0 Å². The fourth-order valence-corrected chi connectivity index (χ4v) is 2.51. The van der Waals surface area contributed by atoms with Gasteiger partial charge in [-0.05, 0) is 19.3 Å². The minimum Gasteiger partial charge on any atom is -0.329 e. The van der Waals surface area contributed by atoms with E-state index in [2.05, 4.69) is 12.2 Å². The number of hydrogen-bond donors (Lipinski definition) is 2. The lowest BCUT2D eigenvalue weighted by molar-refractivity contribution is 0.325. The van der Waals surface area contributed by atoms with E-state index in [9.17, 15) is 0 Å². The molecule has 90 valence electrons. The fourth-order valence-electron chi connectivity index (χ4n) is 2.51. The maximum absolute atomic E-state index is 5.81. The van der Waals surface area contributed by atoms with Crippen LogP contribution in [0.2, 0.25) is 0 Å². The maximum Gasteiger partial charge on any atom is 0.0192 e. The summed E-state index contributed by atoms with van der Waals surface area (Å²) in [5.74, 6) is 0. The average Bonchev–Trinajstić information content (AvgIpc) is 2.29. The Bertz CT molecular complexity index is 141. The van der Waals surface area contributed by atoms with E-state index in [4.69, 9.17) is 5.73 Å². The molecule has 0 heterocycles. The van der Waals surface area contributed by atoms with Gasteiger partial charge in [0.15, 0.2) is 0 Å². The van der Waals surface area contributed by atoms with Gasteiger partial charge in [0, 0.05) is 18.6 Å². The van der Waals surface area contributed by atoms with Gasteiger partial charge in [0.2, 0.25) is 0 Å². The molecule has 0 radical (unpaired) electrons. The Morgan fingerprint density at radius 1 is 1.20 bits per heavy atom.